The van der Waals surface area contributed by atoms with Crippen LogP contribution in [0.4, 0.5) is 0 Å². The molecule has 0 aliphatic rings. The summed E-state index contributed by atoms with van der Waals surface area (Å²) in [5.41, 5.74) is 3.35. The van der Waals surface area contributed by atoms with Crippen LogP contribution >= 0.6 is 0 Å². The number of hydrogen-bond donors (Lipinski definition) is 1. The van der Waals surface area contributed by atoms with Crippen molar-refractivity contribution < 1.29 is 4.74 Å². The number of aryl methyl sites for hydroxylation is 1. The number of hydrogen-bond acceptors (Lipinski definition) is 3. The molecule has 0 radical (unpaired) electrons. The Labute approximate surface area is 128 Å². The van der Waals surface area contributed by atoms with Gasteiger partial charge in [0.2, 0.25) is 0 Å². The van der Waals surface area contributed by atoms with Crippen LogP contribution in [0.25, 0.3) is 11.1 Å². The van der Waals surface area contributed by atoms with E-state index in [1.54, 1.807) is 24.2 Å². The van der Waals surface area contributed by atoms with Gasteiger partial charge in [0.25, 0.3) is 5.56 Å². The molecular formula is C17H17N3O2. The minimum absolute atomic E-state index is 0.0323. The lowest BCUT2D eigenvalue weighted by Crippen LogP contribution is -2.21. The Morgan fingerprint density at radius 1 is 1.23 bits per heavy atom. The second-order valence-corrected chi connectivity index (χ2v) is 5.06. The molecule has 5 heteroatoms. The summed E-state index contributed by atoms with van der Waals surface area (Å²) >= 11 is 0. The van der Waals surface area contributed by atoms with Gasteiger partial charge < -0.3 is 14.3 Å². The SMILES string of the molecule is COc1ccc(-c2cccn(Cc3nc[nH]c3C)c2=O)cc1. The molecule has 112 valence electrons. The summed E-state index contributed by atoms with van der Waals surface area (Å²) in [4.78, 5) is 19.9. The lowest BCUT2D eigenvalue weighted by atomic mass is 10.1. The van der Waals surface area contributed by atoms with Crippen LogP contribution in [0.1, 0.15) is 11.4 Å². The fourth-order valence-electron chi connectivity index (χ4n) is 2.36. The second-order valence-electron chi connectivity index (χ2n) is 5.06. The molecule has 0 aliphatic carbocycles. The van der Waals surface area contributed by atoms with E-state index in [0.717, 1.165) is 22.7 Å². The van der Waals surface area contributed by atoms with Crippen LogP contribution in [-0.2, 0) is 6.54 Å². The van der Waals surface area contributed by atoms with Gasteiger partial charge in [-0.05, 0) is 36.8 Å². The lowest BCUT2D eigenvalue weighted by Gasteiger charge is -2.08. The highest BCUT2D eigenvalue weighted by Gasteiger charge is 2.08. The van der Waals surface area contributed by atoms with E-state index >= 15 is 0 Å². The smallest absolute Gasteiger partial charge is 0.258 e. The number of pyridine rings is 1. The molecule has 0 spiro atoms. The standard InChI is InChI=1S/C17H17N3O2/c1-12-16(19-11-18-12)10-20-9-3-4-15(17(20)21)13-5-7-14(22-2)8-6-13/h3-9,11H,10H2,1-2H3,(H,18,19). The molecule has 0 amide bonds. The van der Waals surface area contributed by atoms with Crippen molar-refractivity contribution in [1.29, 1.82) is 0 Å². The van der Waals surface area contributed by atoms with Crippen LogP contribution in [0.5, 0.6) is 5.75 Å². The van der Waals surface area contributed by atoms with Gasteiger partial charge >= 0.3 is 0 Å². The van der Waals surface area contributed by atoms with Gasteiger partial charge in [-0.1, -0.05) is 12.1 Å². The third kappa shape index (κ3) is 2.65. The van der Waals surface area contributed by atoms with Gasteiger partial charge in [0, 0.05) is 17.5 Å². The lowest BCUT2D eigenvalue weighted by molar-refractivity contribution is 0.415. The third-order valence-electron chi connectivity index (χ3n) is 3.68. The zero-order valence-electron chi connectivity index (χ0n) is 12.5. The van der Waals surface area contributed by atoms with Crippen molar-refractivity contribution in [2.45, 2.75) is 13.5 Å². The number of rotatable bonds is 4. The van der Waals surface area contributed by atoms with Crippen molar-refractivity contribution in [3.8, 4) is 16.9 Å². The number of nitrogens with one attached hydrogen (secondary N) is 1. The number of aromatic nitrogens is 3. The fraction of sp³-hybridized carbons (Fsp3) is 0.176. The van der Waals surface area contributed by atoms with Crippen LogP contribution in [0.15, 0.2) is 53.7 Å². The van der Waals surface area contributed by atoms with Crippen molar-refractivity contribution in [1.82, 2.24) is 14.5 Å². The maximum atomic E-state index is 12.7. The molecule has 2 heterocycles. The Bertz CT molecular complexity index is 832. The van der Waals surface area contributed by atoms with Crippen molar-refractivity contribution >= 4 is 0 Å². The highest BCUT2D eigenvalue weighted by atomic mass is 16.5. The first-order valence-electron chi connectivity index (χ1n) is 7.02. The molecule has 0 fully saturated rings. The minimum Gasteiger partial charge on any atom is -0.497 e. The van der Waals surface area contributed by atoms with Crippen LogP contribution in [0.2, 0.25) is 0 Å². The number of benzene rings is 1. The van der Waals surface area contributed by atoms with Gasteiger partial charge in [-0.3, -0.25) is 4.79 Å². The molecule has 0 bridgehead atoms. The molecule has 0 saturated carbocycles. The maximum Gasteiger partial charge on any atom is 0.258 e. The topological polar surface area (TPSA) is 59.9 Å². The van der Waals surface area contributed by atoms with Gasteiger partial charge in [-0.15, -0.1) is 0 Å². The predicted octanol–water partition coefficient (Wildman–Crippen LogP) is 2.60. The van der Waals surface area contributed by atoms with Crippen molar-refractivity contribution in [3.05, 3.63) is 70.7 Å². The van der Waals surface area contributed by atoms with Crippen molar-refractivity contribution in [3.63, 3.8) is 0 Å². The molecular weight excluding hydrogens is 278 g/mol. The van der Waals surface area contributed by atoms with E-state index in [1.165, 1.54) is 0 Å². The Morgan fingerprint density at radius 2 is 2.00 bits per heavy atom. The third-order valence-corrected chi connectivity index (χ3v) is 3.68. The summed E-state index contributed by atoms with van der Waals surface area (Å²) in [5.74, 6) is 0.771. The average molecular weight is 295 g/mol. The maximum absolute atomic E-state index is 12.7. The summed E-state index contributed by atoms with van der Waals surface area (Å²) < 4.78 is 6.82. The van der Waals surface area contributed by atoms with E-state index in [-0.39, 0.29) is 5.56 Å². The number of H-pyrrole nitrogens is 1. The normalized spacial score (nSPS) is 10.6. The Morgan fingerprint density at radius 3 is 2.64 bits per heavy atom. The summed E-state index contributed by atoms with van der Waals surface area (Å²) in [6.07, 6.45) is 3.42. The zero-order valence-corrected chi connectivity index (χ0v) is 12.5. The summed E-state index contributed by atoms with van der Waals surface area (Å²) in [6, 6.07) is 11.2. The van der Waals surface area contributed by atoms with Gasteiger partial charge in [0.15, 0.2) is 0 Å². The fourth-order valence-corrected chi connectivity index (χ4v) is 2.36. The Kier molecular flexibility index (Phi) is 3.78. The van der Waals surface area contributed by atoms with E-state index in [1.807, 2.05) is 43.3 Å². The summed E-state index contributed by atoms with van der Waals surface area (Å²) in [7, 11) is 1.62. The van der Waals surface area contributed by atoms with E-state index in [9.17, 15) is 4.79 Å². The molecule has 3 rings (SSSR count). The predicted molar refractivity (Wildman–Crippen MR) is 85.1 cm³/mol. The zero-order chi connectivity index (χ0) is 15.5. The van der Waals surface area contributed by atoms with Crippen LogP contribution < -0.4 is 10.3 Å². The van der Waals surface area contributed by atoms with E-state index < -0.39 is 0 Å². The molecule has 22 heavy (non-hydrogen) atoms. The molecule has 1 N–H and O–H groups in total. The highest BCUT2D eigenvalue weighted by Crippen LogP contribution is 2.19. The molecule has 3 aromatic rings. The van der Waals surface area contributed by atoms with E-state index in [0.29, 0.717) is 12.1 Å². The molecule has 1 aromatic carbocycles. The van der Waals surface area contributed by atoms with Crippen LogP contribution in [0.3, 0.4) is 0 Å². The van der Waals surface area contributed by atoms with Crippen LogP contribution in [0, 0.1) is 6.92 Å². The first-order chi connectivity index (χ1) is 10.7. The number of methoxy groups -OCH3 is 1. The van der Waals surface area contributed by atoms with Gasteiger partial charge in [-0.2, -0.15) is 0 Å². The number of nitrogens with zero attached hydrogens (tertiary/aromatic N) is 2. The van der Waals surface area contributed by atoms with Gasteiger partial charge in [0.1, 0.15) is 5.75 Å². The summed E-state index contributed by atoms with van der Waals surface area (Å²) in [6.45, 7) is 2.40. The summed E-state index contributed by atoms with van der Waals surface area (Å²) in [5, 5.41) is 0. The quantitative estimate of drug-likeness (QED) is 0.805. The first kappa shape index (κ1) is 14.1. The number of aromatic amines is 1. The highest BCUT2D eigenvalue weighted by molar-refractivity contribution is 5.63. The molecule has 0 aliphatic heterocycles. The molecule has 0 atom stereocenters. The first-order valence-corrected chi connectivity index (χ1v) is 7.02. The van der Waals surface area contributed by atoms with E-state index in [4.69, 9.17) is 4.74 Å². The average Bonchev–Trinajstić information content (AvgIpc) is 2.95. The van der Waals surface area contributed by atoms with Crippen molar-refractivity contribution in [2.24, 2.45) is 0 Å². The van der Waals surface area contributed by atoms with Crippen LogP contribution in [-0.4, -0.2) is 21.6 Å². The number of ether oxygens (including phenoxy) is 1. The molecule has 0 saturated heterocycles. The number of imidazole rings is 1. The molecule has 0 unspecified atom stereocenters. The monoisotopic (exact) mass is 295 g/mol. The minimum atomic E-state index is -0.0323. The molecule has 5 nitrogen and oxygen atoms in total. The second kappa shape index (κ2) is 5.89. The Balaban J connectivity index is 1.98. The van der Waals surface area contributed by atoms with Crippen molar-refractivity contribution in [2.75, 3.05) is 7.11 Å². The van der Waals surface area contributed by atoms with Gasteiger partial charge in [-0.25, -0.2) is 4.98 Å². The van der Waals surface area contributed by atoms with Gasteiger partial charge in [0.05, 0.1) is 25.7 Å². The van der Waals surface area contributed by atoms with E-state index in [2.05, 4.69) is 9.97 Å². The largest absolute Gasteiger partial charge is 0.497 e. The molecule has 2 aromatic heterocycles. The Hall–Kier alpha value is -2.82.